The molecule has 3 rings (SSSR count). The number of urea groups is 1. The summed E-state index contributed by atoms with van der Waals surface area (Å²) >= 11 is 1.75. The standard InChI is InChI=1S/C37H57N5O5S/c1-10-12-18-26(30(43)33(45)38-19-11-2)39-32(44)29-28-25(37(28,8)9)20-42(29)34(46)31(36(5,6)7)41-35(47)40-27(23(3)4)22-48-21-24-16-14-13-15-17-24/h11,13-17,23,25-29,31H,2,10,12,18-22H2,1,3-9H3,(H,38,45)(H,39,44)(H2,40,41,47)/t25-,26?,27+,28-,29-,31+/m0/s1. The predicted molar refractivity (Wildman–Crippen MR) is 192 cm³/mol. The monoisotopic (exact) mass is 683 g/mol. The molecule has 1 aliphatic heterocycles. The third-order valence-electron chi connectivity index (χ3n) is 9.79. The molecule has 5 amide bonds. The number of carbonyl (C=O) groups is 5. The van der Waals surface area contributed by atoms with E-state index in [2.05, 4.69) is 67.7 Å². The number of nitrogens with zero attached hydrogens (tertiary/aromatic N) is 1. The zero-order chi connectivity index (χ0) is 35.8. The Balaban J connectivity index is 1.75. The van der Waals surface area contributed by atoms with Crippen LogP contribution in [0.2, 0.25) is 0 Å². The van der Waals surface area contributed by atoms with Gasteiger partial charge in [0.15, 0.2) is 0 Å². The van der Waals surface area contributed by atoms with Gasteiger partial charge in [-0.05, 0) is 40.6 Å². The summed E-state index contributed by atoms with van der Waals surface area (Å²) in [7, 11) is 0. The SMILES string of the molecule is C=CCNC(=O)C(=O)C(CCCC)NC(=O)[C@@H]1[C@@H]2[C@H](CN1C(=O)[C@@H](NC(=O)N[C@H](CSCc1ccccc1)C(C)C)C(C)(C)C)C2(C)C. The van der Waals surface area contributed by atoms with Gasteiger partial charge in [0.25, 0.3) is 5.91 Å². The van der Waals surface area contributed by atoms with Crippen LogP contribution in [-0.4, -0.2) is 77.4 Å². The van der Waals surface area contributed by atoms with Gasteiger partial charge in [0.1, 0.15) is 12.1 Å². The predicted octanol–water partition coefficient (Wildman–Crippen LogP) is 4.69. The van der Waals surface area contributed by atoms with Gasteiger partial charge in [-0.15, -0.1) is 6.58 Å². The van der Waals surface area contributed by atoms with Gasteiger partial charge in [-0.2, -0.15) is 11.8 Å². The lowest BCUT2D eigenvalue weighted by Crippen LogP contribution is -2.62. The summed E-state index contributed by atoms with van der Waals surface area (Å²) < 4.78 is 0. The molecule has 10 nitrogen and oxygen atoms in total. The van der Waals surface area contributed by atoms with E-state index < -0.39 is 47.2 Å². The number of thioether (sulfide) groups is 1. The molecule has 0 spiro atoms. The quantitative estimate of drug-likeness (QED) is 0.139. The van der Waals surface area contributed by atoms with Crippen molar-refractivity contribution in [3.63, 3.8) is 0 Å². The van der Waals surface area contributed by atoms with Crippen LogP contribution in [-0.2, 0) is 24.9 Å². The van der Waals surface area contributed by atoms with Crippen molar-refractivity contribution < 1.29 is 24.0 Å². The maximum absolute atomic E-state index is 14.3. The van der Waals surface area contributed by atoms with Gasteiger partial charge in [-0.25, -0.2) is 4.79 Å². The fourth-order valence-corrected chi connectivity index (χ4v) is 7.86. The van der Waals surface area contributed by atoms with Crippen molar-refractivity contribution in [3.8, 4) is 0 Å². The molecular weight excluding hydrogens is 627 g/mol. The molecule has 2 aliphatic rings. The fraction of sp³-hybridized carbons (Fsp3) is 0.649. The van der Waals surface area contributed by atoms with E-state index in [1.807, 2.05) is 45.9 Å². The summed E-state index contributed by atoms with van der Waals surface area (Å²) in [6, 6.07) is 6.91. The Kier molecular flexibility index (Phi) is 13.7. The first-order valence-corrected chi connectivity index (χ1v) is 18.4. The number of ketones is 1. The summed E-state index contributed by atoms with van der Waals surface area (Å²) in [6.07, 6.45) is 3.22. The number of rotatable bonds is 17. The van der Waals surface area contributed by atoms with Gasteiger partial charge < -0.3 is 26.2 Å². The van der Waals surface area contributed by atoms with E-state index in [4.69, 9.17) is 0 Å². The molecule has 0 radical (unpaired) electrons. The summed E-state index contributed by atoms with van der Waals surface area (Å²) in [5.41, 5.74) is 0.401. The zero-order valence-electron chi connectivity index (χ0n) is 30.1. The maximum atomic E-state index is 14.3. The number of nitrogens with one attached hydrogen (secondary N) is 4. The Hall–Kier alpha value is -3.34. The van der Waals surface area contributed by atoms with Crippen molar-refractivity contribution in [1.29, 1.82) is 0 Å². The van der Waals surface area contributed by atoms with Crippen LogP contribution >= 0.6 is 11.8 Å². The first-order chi connectivity index (χ1) is 22.5. The van der Waals surface area contributed by atoms with Gasteiger partial charge in [-0.1, -0.05) is 105 Å². The Bertz CT molecular complexity index is 1310. The highest BCUT2D eigenvalue weighted by atomic mass is 32.2. The fourth-order valence-electron chi connectivity index (χ4n) is 6.59. The van der Waals surface area contributed by atoms with Crippen LogP contribution in [0, 0.1) is 28.6 Å². The molecular formula is C37H57N5O5S. The maximum Gasteiger partial charge on any atom is 0.315 e. The van der Waals surface area contributed by atoms with E-state index in [9.17, 15) is 24.0 Å². The second kappa shape index (κ2) is 16.9. The molecule has 11 heteroatoms. The number of hydrogen-bond acceptors (Lipinski definition) is 6. The van der Waals surface area contributed by atoms with Crippen LogP contribution in [0.25, 0.3) is 0 Å². The third kappa shape index (κ3) is 9.86. The van der Waals surface area contributed by atoms with Gasteiger partial charge in [0, 0.05) is 30.6 Å². The minimum absolute atomic E-state index is 0.0978. The van der Waals surface area contributed by atoms with E-state index in [0.717, 1.165) is 12.2 Å². The highest BCUT2D eigenvalue weighted by molar-refractivity contribution is 7.98. The van der Waals surface area contributed by atoms with Crippen LogP contribution in [0.5, 0.6) is 0 Å². The Morgan fingerprint density at radius 1 is 1.06 bits per heavy atom. The van der Waals surface area contributed by atoms with Crippen molar-refractivity contribution in [2.45, 2.75) is 105 Å². The van der Waals surface area contributed by atoms with Crippen LogP contribution in [0.4, 0.5) is 4.79 Å². The number of unbranched alkanes of at least 4 members (excludes halogenated alkanes) is 1. The molecule has 1 unspecified atom stereocenters. The van der Waals surface area contributed by atoms with Crippen LogP contribution in [0.15, 0.2) is 43.0 Å². The molecule has 1 aromatic rings. The van der Waals surface area contributed by atoms with Crippen molar-refractivity contribution in [2.24, 2.45) is 28.6 Å². The molecule has 1 saturated heterocycles. The number of amides is 5. The van der Waals surface area contributed by atoms with Crippen LogP contribution < -0.4 is 21.3 Å². The summed E-state index contributed by atoms with van der Waals surface area (Å²) in [6.45, 7) is 20.0. The molecule has 48 heavy (non-hydrogen) atoms. The molecule has 2 fully saturated rings. The number of Topliss-reactive ketones (excluding diaryl/α,β-unsaturated/α-hetero) is 1. The highest BCUT2D eigenvalue weighted by Crippen LogP contribution is 2.65. The number of fused-ring (bicyclic) bond motifs is 1. The second-order valence-corrected chi connectivity index (χ2v) is 16.3. The lowest BCUT2D eigenvalue weighted by atomic mass is 9.85. The number of benzene rings is 1. The van der Waals surface area contributed by atoms with Gasteiger partial charge >= 0.3 is 6.03 Å². The van der Waals surface area contributed by atoms with Crippen LogP contribution in [0.1, 0.15) is 80.2 Å². The molecule has 1 aromatic carbocycles. The number of carbonyl (C=O) groups excluding carboxylic acids is 5. The van der Waals surface area contributed by atoms with Gasteiger partial charge in [-0.3, -0.25) is 19.2 Å². The summed E-state index contributed by atoms with van der Waals surface area (Å²) in [5, 5.41) is 11.4. The summed E-state index contributed by atoms with van der Waals surface area (Å²) in [4.78, 5) is 69.0. The molecule has 0 bridgehead atoms. The average Bonchev–Trinajstić information content (AvgIpc) is 3.34. The van der Waals surface area contributed by atoms with Crippen molar-refractivity contribution >= 4 is 41.3 Å². The molecule has 266 valence electrons. The van der Waals surface area contributed by atoms with Crippen molar-refractivity contribution in [2.75, 3.05) is 18.8 Å². The smallest absolute Gasteiger partial charge is 0.315 e. The second-order valence-electron chi connectivity index (χ2n) is 15.2. The molecule has 6 atom stereocenters. The Labute approximate surface area is 291 Å². The number of likely N-dealkylation sites (tertiary alicyclic amines) is 1. The van der Waals surface area contributed by atoms with E-state index >= 15 is 0 Å². The topological polar surface area (TPSA) is 137 Å². The first-order valence-electron chi connectivity index (χ1n) is 17.3. The van der Waals surface area contributed by atoms with Crippen molar-refractivity contribution in [3.05, 3.63) is 48.6 Å². The highest BCUT2D eigenvalue weighted by Gasteiger charge is 2.70. The molecule has 4 N–H and O–H groups in total. The largest absolute Gasteiger partial charge is 0.346 e. The van der Waals surface area contributed by atoms with E-state index in [1.54, 1.807) is 16.7 Å². The molecule has 1 heterocycles. The normalized spacial score (nSPS) is 21.4. The molecule has 0 aromatic heterocycles. The van der Waals surface area contributed by atoms with Gasteiger partial charge in [0.05, 0.1) is 6.04 Å². The minimum atomic E-state index is -1.00. The molecule has 1 aliphatic carbocycles. The lowest BCUT2D eigenvalue weighted by molar-refractivity contribution is -0.145. The minimum Gasteiger partial charge on any atom is -0.346 e. The zero-order valence-corrected chi connectivity index (χ0v) is 30.9. The lowest BCUT2D eigenvalue weighted by Gasteiger charge is -2.38. The Morgan fingerprint density at radius 2 is 1.73 bits per heavy atom. The van der Waals surface area contributed by atoms with Crippen LogP contribution in [0.3, 0.4) is 0 Å². The van der Waals surface area contributed by atoms with E-state index in [-0.39, 0.29) is 41.7 Å². The molecule has 1 saturated carbocycles. The number of hydrogen-bond donors (Lipinski definition) is 4. The first kappa shape index (κ1) is 39.1. The summed E-state index contributed by atoms with van der Waals surface area (Å²) in [5.74, 6) is -0.539. The van der Waals surface area contributed by atoms with E-state index in [1.165, 1.54) is 11.6 Å². The number of piperidine rings is 1. The van der Waals surface area contributed by atoms with Crippen molar-refractivity contribution in [1.82, 2.24) is 26.2 Å². The van der Waals surface area contributed by atoms with Gasteiger partial charge in [0.2, 0.25) is 17.6 Å². The Morgan fingerprint density at radius 3 is 2.31 bits per heavy atom. The average molecular weight is 684 g/mol. The van der Waals surface area contributed by atoms with E-state index in [0.29, 0.717) is 25.1 Å². The third-order valence-corrected chi connectivity index (χ3v) is 10.9.